The van der Waals surface area contributed by atoms with Crippen molar-refractivity contribution in [3.63, 3.8) is 0 Å². The minimum Gasteiger partial charge on any atom is -0.0859 e. The zero-order valence-corrected chi connectivity index (χ0v) is 7.56. The molecular weight excluding hydrogens is 189 g/mol. The number of rotatable bonds is 0. The minimum atomic E-state index is 0.425. The quantitative estimate of drug-likeness (QED) is 0.436. The Balaban J connectivity index is 3.31. The van der Waals surface area contributed by atoms with Crippen molar-refractivity contribution in [3.05, 3.63) is 27.2 Å². The monoisotopic (exact) mass is 192 g/mol. The normalized spacial score (nSPS) is 9.90. The van der Waals surface area contributed by atoms with Crippen LogP contribution in [0.25, 0.3) is 0 Å². The second kappa shape index (κ2) is 3.04. The molecule has 0 aromatic heterocycles. The van der Waals surface area contributed by atoms with E-state index in [1.807, 2.05) is 7.85 Å². The highest BCUT2D eigenvalue weighted by Gasteiger charge is 2.02. The number of hydrogen-bond donors (Lipinski definition) is 0. The van der Waals surface area contributed by atoms with Crippen molar-refractivity contribution in [2.75, 3.05) is 0 Å². The third-order valence-corrected chi connectivity index (χ3v) is 2.33. The van der Waals surface area contributed by atoms with Crippen molar-refractivity contribution >= 4 is 48.1 Å². The van der Waals surface area contributed by atoms with Crippen molar-refractivity contribution in [1.82, 2.24) is 0 Å². The molecule has 0 unspecified atom stereocenters. The molecule has 0 saturated carbocycles. The highest BCUT2D eigenvalue weighted by molar-refractivity contribution is 6.49. The van der Waals surface area contributed by atoms with Crippen LogP contribution in [0.1, 0.15) is 0 Å². The van der Waals surface area contributed by atoms with Crippen LogP contribution in [0, 0.1) is 0 Å². The Labute approximate surface area is 75.5 Å². The van der Waals surface area contributed by atoms with E-state index in [4.69, 9.17) is 34.8 Å². The van der Waals surface area contributed by atoms with E-state index in [-0.39, 0.29) is 0 Å². The van der Waals surface area contributed by atoms with E-state index in [0.717, 1.165) is 5.46 Å². The van der Waals surface area contributed by atoms with Crippen molar-refractivity contribution in [2.45, 2.75) is 0 Å². The molecule has 0 amide bonds. The topological polar surface area (TPSA) is 0 Å². The molecule has 10 heavy (non-hydrogen) atoms. The summed E-state index contributed by atoms with van der Waals surface area (Å²) in [5, 5.41) is 1.44. The molecule has 0 aliphatic heterocycles. The van der Waals surface area contributed by atoms with E-state index in [9.17, 15) is 0 Å². The lowest BCUT2D eigenvalue weighted by molar-refractivity contribution is 1.76. The first-order valence-corrected chi connectivity index (χ1v) is 3.86. The average molecular weight is 193 g/mol. The van der Waals surface area contributed by atoms with Gasteiger partial charge in [0.1, 0.15) is 7.85 Å². The summed E-state index contributed by atoms with van der Waals surface area (Å²) >= 11 is 17.1. The zero-order chi connectivity index (χ0) is 7.72. The molecule has 0 N–H and O–H groups in total. The molecule has 0 spiro atoms. The van der Waals surface area contributed by atoms with Gasteiger partial charge in [-0.25, -0.2) is 0 Å². The van der Waals surface area contributed by atoms with E-state index >= 15 is 0 Å². The molecule has 52 valence electrons. The number of hydrogen-bond acceptors (Lipinski definition) is 0. The van der Waals surface area contributed by atoms with Crippen LogP contribution < -0.4 is 5.46 Å². The number of benzene rings is 1. The van der Waals surface area contributed by atoms with Crippen LogP contribution in [0.3, 0.4) is 0 Å². The van der Waals surface area contributed by atoms with E-state index in [1.165, 1.54) is 0 Å². The first kappa shape index (κ1) is 8.25. The molecule has 1 aromatic carbocycles. The summed E-state index contributed by atoms with van der Waals surface area (Å²) < 4.78 is 0. The van der Waals surface area contributed by atoms with Crippen molar-refractivity contribution in [1.29, 1.82) is 0 Å². The van der Waals surface area contributed by atoms with Crippen LogP contribution in [0.4, 0.5) is 0 Å². The fraction of sp³-hybridized carbons (Fsp3) is 0. The maximum Gasteiger partial charge on any atom is 0.139 e. The SMILES string of the molecule is Bc1cc(Cl)c(Cl)c(Cl)c1. The smallest absolute Gasteiger partial charge is 0.0859 e. The maximum absolute atomic E-state index is 5.70. The van der Waals surface area contributed by atoms with E-state index in [0.29, 0.717) is 15.1 Å². The van der Waals surface area contributed by atoms with Gasteiger partial charge in [0.15, 0.2) is 0 Å². The first-order chi connectivity index (χ1) is 4.61. The summed E-state index contributed by atoms with van der Waals surface area (Å²) in [6.07, 6.45) is 0. The third-order valence-electron chi connectivity index (χ3n) is 1.13. The second-order valence-electron chi connectivity index (χ2n) is 2.04. The largest absolute Gasteiger partial charge is 0.139 e. The molecule has 0 aliphatic carbocycles. The van der Waals surface area contributed by atoms with Gasteiger partial charge in [-0.1, -0.05) is 40.3 Å². The molecule has 4 heteroatoms. The van der Waals surface area contributed by atoms with Crippen molar-refractivity contribution in [3.8, 4) is 0 Å². The molecule has 0 nitrogen and oxygen atoms in total. The third kappa shape index (κ3) is 1.60. The first-order valence-electron chi connectivity index (χ1n) is 2.72. The summed E-state index contributed by atoms with van der Waals surface area (Å²) in [5.74, 6) is 0. The van der Waals surface area contributed by atoms with Gasteiger partial charge in [0.05, 0.1) is 15.1 Å². The standard InChI is InChI=1S/C6H4BCl3/c7-3-1-4(8)6(10)5(9)2-3/h1-2H,7H2. The molecule has 0 heterocycles. The summed E-state index contributed by atoms with van der Waals surface area (Å²) in [6, 6.07) is 3.55. The van der Waals surface area contributed by atoms with E-state index in [1.54, 1.807) is 12.1 Å². The van der Waals surface area contributed by atoms with E-state index in [2.05, 4.69) is 0 Å². The maximum atomic E-state index is 5.70. The Hall–Kier alpha value is 0.155. The van der Waals surface area contributed by atoms with Gasteiger partial charge in [-0.15, -0.1) is 0 Å². The van der Waals surface area contributed by atoms with Gasteiger partial charge in [-0.05, 0) is 12.1 Å². The lowest BCUT2D eigenvalue weighted by Gasteiger charge is -1.99. The molecule has 0 atom stereocenters. The molecule has 1 aromatic rings. The van der Waals surface area contributed by atoms with E-state index < -0.39 is 0 Å². The highest BCUT2D eigenvalue weighted by Crippen LogP contribution is 2.27. The Bertz CT molecular complexity index is 236. The summed E-state index contributed by atoms with van der Waals surface area (Å²) in [7, 11) is 1.91. The van der Waals surface area contributed by atoms with Gasteiger partial charge in [-0.2, -0.15) is 0 Å². The summed E-state index contributed by atoms with van der Waals surface area (Å²) in [5.41, 5.74) is 1.01. The molecule has 0 bridgehead atoms. The predicted octanol–water partition coefficient (Wildman–Crippen LogP) is 1.91. The van der Waals surface area contributed by atoms with Gasteiger partial charge in [0, 0.05) is 0 Å². The molecule has 1 rings (SSSR count). The van der Waals surface area contributed by atoms with Crippen molar-refractivity contribution in [2.24, 2.45) is 0 Å². The van der Waals surface area contributed by atoms with Gasteiger partial charge in [-0.3, -0.25) is 0 Å². The molecule has 0 radical (unpaired) electrons. The fourth-order valence-electron chi connectivity index (χ4n) is 0.682. The zero-order valence-electron chi connectivity index (χ0n) is 5.29. The summed E-state index contributed by atoms with van der Waals surface area (Å²) in [4.78, 5) is 0. The fourth-order valence-corrected chi connectivity index (χ4v) is 1.39. The average Bonchev–Trinajstić information content (AvgIpc) is 1.82. The summed E-state index contributed by atoms with van der Waals surface area (Å²) in [6.45, 7) is 0. The van der Waals surface area contributed by atoms with Crippen LogP contribution in [-0.4, -0.2) is 7.85 Å². The van der Waals surface area contributed by atoms with Crippen LogP contribution in [0.15, 0.2) is 12.1 Å². The number of halogens is 3. The molecule has 0 aliphatic rings. The van der Waals surface area contributed by atoms with Crippen molar-refractivity contribution < 1.29 is 0 Å². The Morgan fingerprint density at radius 3 is 1.80 bits per heavy atom. The Morgan fingerprint density at radius 1 is 1.00 bits per heavy atom. The molecule has 0 saturated heterocycles. The lowest BCUT2D eigenvalue weighted by Crippen LogP contribution is -2.00. The minimum absolute atomic E-state index is 0.425. The predicted molar refractivity (Wildman–Crippen MR) is 49.7 cm³/mol. The molecule has 0 fully saturated rings. The highest BCUT2D eigenvalue weighted by atomic mass is 35.5. The van der Waals surface area contributed by atoms with Gasteiger partial charge in [0.25, 0.3) is 0 Å². The van der Waals surface area contributed by atoms with Gasteiger partial charge in [0.2, 0.25) is 0 Å². The Morgan fingerprint density at radius 2 is 1.40 bits per heavy atom. The van der Waals surface area contributed by atoms with Gasteiger partial charge >= 0.3 is 0 Å². The second-order valence-corrected chi connectivity index (χ2v) is 3.23. The van der Waals surface area contributed by atoms with Crippen LogP contribution >= 0.6 is 34.8 Å². The van der Waals surface area contributed by atoms with Crippen LogP contribution in [0.5, 0.6) is 0 Å². The molecular formula is C6H4BCl3. The lowest BCUT2D eigenvalue weighted by atomic mass is 9.97. The van der Waals surface area contributed by atoms with Crippen LogP contribution in [0.2, 0.25) is 15.1 Å². The van der Waals surface area contributed by atoms with Crippen LogP contribution in [-0.2, 0) is 0 Å². The van der Waals surface area contributed by atoms with Gasteiger partial charge < -0.3 is 0 Å². The Kier molecular flexibility index (Phi) is 2.51.